The van der Waals surface area contributed by atoms with Gasteiger partial charge < -0.3 is 9.84 Å². The third-order valence-corrected chi connectivity index (χ3v) is 1.40. The van der Waals surface area contributed by atoms with Crippen molar-refractivity contribution < 1.29 is 14.6 Å². The van der Waals surface area contributed by atoms with Crippen LogP contribution in [0.3, 0.4) is 0 Å². The Morgan fingerprint density at radius 1 is 1.78 bits per heavy atom. The molecule has 9 heavy (non-hydrogen) atoms. The number of aliphatic carboxylic acids is 1. The summed E-state index contributed by atoms with van der Waals surface area (Å²) in [6.45, 7) is 2.01. The fraction of sp³-hybridized carbons (Fsp3) is 0.833. The van der Waals surface area contributed by atoms with Gasteiger partial charge in [-0.25, -0.2) is 4.79 Å². The first-order valence-electron chi connectivity index (χ1n) is 3.14. The predicted octanol–water partition coefficient (Wildman–Crippen LogP) is 0.639. The number of carboxylic acids is 1. The highest BCUT2D eigenvalue weighted by Gasteiger charge is 2.43. The van der Waals surface area contributed by atoms with E-state index in [9.17, 15) is 4.79 Å². The van der Waals surface area contributed by atoms with Crippen molar-refractivity contribution in [3.63, 3.8) is 0 Å². The largest absolute Gasteiger partial charge is 0.479 e. The van der Waals surface area contributed by atoms with E-state index in [0.29, 0.717) is 0 Å². The van der Waals surface area contributed by atoms with Crippen LogP contribution in [0.25, 0.3) is 0 Å². The first-order chi connectivity index (χ1) is 4.25. The van der Waals surface area contributed by atoms with Gasteiger partial charge in [-0.15, -0.1) is 0 Å². The number of carbonyl (C=O) groups is 1. The maximum atomic E-state index is 10.1. The van der Waals surface area contributed by atoms with E-state index in [0.717, 1.165) is 12.8 Å². The van der Waals surface area contributed by atoms with E-state index in [1.165, 1.54) is 0 Å². The monoisotopic (exact) mass is 130 g/mol. The highest BCUT2D eigenvalue weighted by atomic mass is 16.6. The van der Waals surface area contributed by atoms with Gasteiger partial charge in [0.1, 0.15) is 0 Å². The van der Waals surface area contributed by atoms with E-state index >= 15 is 0 Å². The van der Waals surface area contributed by atoms with Crippen LogP contribution >= 0.6 is 0 Å². The van der Waals surface area contributed by atoms with Crippen LogP contribution in [0.4, 0.5) is 0 Å². The summed E-state index contributed by atoms with van der Waals surface area (Å²) in [4.78, 5) is 10.1. The van der Waals surface area contributed by atoms with Crippen LogP contribution in [0.1, 0.15) is 19.8 Å². The first-order valence-corrected chi connectivity index (χ1v) is 3.14. The van der Waals surface area contributed by atoms with Crippen LogP contribution in [0, 0.1) is 0 Å². The third kappa shape index (κ3) is 1.42. The van der Waals surface area contributed by atoms with Crippen molar-refractivity contribution in [1.82, 2.24) is 0 Å². The van der Waals surface area contributed by atoms with E-state index in [2.05, 4.69) is 0 Å². The molecule has 0 aliphatic carbocycles. The molecule has 0 spiro atoms. The Kier molecular flexibility index (Phi) is 1.71. The van der Waals surface area contributed by atoms with E-state index < -0.39 is 12.1 Å². The molecule has 0 unspecified atom stereocenters. The standard InChI is InChI=1S/C6H10O3/c1-2-3-4-5(9-4)6(7)8/h4-5H,2-3H2,1H3,(H,7,8)/t4-,5-/m0/s1. The maximum absolute atomic E-state index is 10.1. The number of hydrogen-bond donors (Lipinski definition) is 1. The summed E-state index contributed by atoms with van der Waals surface area (Å²) in [6.07, 6.45) is 1.38. The van der Waals surface area contributed by atoms with Gasteiger partial charge >= 0.3 is 5.97 Å². The number of hydrogen-bond acceptors (Lipinski definition) is 2. The lowest BCUT2D eigenvalue weighted by atomic mass is 10.2. The topological polar surface area (TPSA) is 49.8 Å². The Morgan fingerprint density at radius 3 is 2.78 bits per heavy atom. The molecule has 1 N–H and O–H groups in total. The molecule has 2 atom stereocenters. The molecule has 0 aromatic heterocycles. The minimum atomic E-state index is -0.826. The summed E-state index contributed by atoms with van der Waals surface area (Å²) in [7, 11) is 0. The number of rotatable bonds is 3. The van der Waals surface area contributed by atoms with Crippen LogP contribution in [0.15, 0.2) is 0 Å². The van der Waals surface area contributed by atoms with Crippen molar-refractivity contribution in [2.45, 2.75) is 32.0 Å². The Balaban J connectivity index is 2.17. The maximum Gasteiger partial charge on any atom is 0.335 e. The molecule has 0 aromatic rings. The minimum absolute atomic E-state index is 0.00694. The highest BCUT2D eigenvalue weighted by Crippen LogP contribution is 2.26. The van der Waals surface area contributed by atoms with Crippen LogP contribution < -0.4 is 0 Å². The van der Waals surface area contributed by atoms with Gasteiger partial charge in [0.25, 0.3) is 0 Å². The lowest BCUT2D eigenvalue weighted by Crippen LogP contribution is -2.07. The van der Waals surface area contributed by atoms with Gasteiger partial charge in [0.15, 0.2) is 6.10 Å². The molecule has 3 nitrogen and oxygen atoms in total. The predicted molar refractivity (Wildman–Crippen MR) is 31.2 cm³/mol. The molecule has 1 aliphatic rings. The molecule has 0 aromatic carbocycles. The van der Waals surface area contributed by atoms with Gasteiger partial charge in [-0.2, -0.15) is 0 Å². The number of epoxide rings is 1. The zero-order valence-electron chi connectivity index (χ0n) is 5.33. The third-order valence-electron chi connectivity index (χ3n) is 1.40. The molecule has 1 fully saturated rings. The summed E-state index contributed by atoms with van der Waals surface area (Å²) in [5.74, 6) is -0.826. The zero-order chi connectivity index (χ0) is 6.85. The molecule has 3 heteroatoms. The summed E-state index contributed by atoms with van der Waals surface area (Å²) < 4.78 is 4.82. The van der Waals surface area contributed by atoms with Crippen LogP contribution in [0.2, 0.25) is 0 Å². The first kappa shape index (κ1) is 6.55. The second-order valence-corrected chi connectivity index (χ2v) is 2.22. The van der Waals surface area contributed by atoms with Crippen LogP contribution in [-0.4, -0.2) is 23.3 Å². The van der Waals surface area contributed by atoms with Gasteiger partial charge in [0, 0.05) is 0 Å². The molecular formula is C6H10O3. The van der Waals surface area contributed by atoms with E-state index in [1.807, 2.05) is 6.92 Å². The highest BCUT2D eigenvalue weighted by molar-refractivity contribution is 5.75. The Bertz CT molecular complexity index is 121. The minimum Gasteiger partial charge on any atom is -0.479 e. The molecule has 1 aliphatic heterocycles. The molecule has 0 radical (unpaired) electrons. The number of carboxylic acid groups (broad SMARTS) is 1. The van der Waals surface area contributed by atoms with Crippen molar-refractivity contribution in [3.8, 4) is 0 Å². The smallest absolute Gasteiger partial charge is 0.335 e. The van der Waals surface area contributed by atoms with Crippen molar-refractivity contribution in [3.05, 3.63) is 0 Å². The average molecular weight is 130 g/mol. The molecule has 1 saturated heterocycles. The van der Waals surface area contributed by atoms with Crippen molar-refractivity contribution in [1.29, 1.82) is 0 Å². The zero-order valence-corrected chi connectivity index (χ0v) is 5.33. The average Bonchev–Trinajstić information content (AvgIpc) is 2.47. The molecular weight excluding hydrogens is 120 g/mol. The van der Waals surface area contributed by atoms with Gasteiger partial charge in [0.05, 0.1) is 6.10 Å². The summed E-state index contributed by atoms with van der Waals surface area (Å²) >= 11 is 0. The van der Waals surface area contributed by atoms with E-state index in [-0.39, 0.29) is 6.10 Å². The SMILES string of the molecule is CCC[C@@H]1O[C@@H]1C(=O)O. The molecule has 1 rings (SSSR count). The van der Waals surface area contributed by atoms with E-state index in [4.69, 9.17) is 9.84 Å². The Labute approximate surface area is 53.6 Å². The Hall–Kier alpha value is -0.570. The second-order valence-electron chi connectivity index (χ2n) is 2.22. The second kappa shape index (κ2) is 2.35. The van der Waals surface area contributed by atoms with Crippen LogP contribution in [0.5, 0.6) is 0 Å². The van der Waals surface area contributed by atoms with Crippen molar-refractivity contribution in [2.75, 3.05) is 0 Å². The summed E-state index contributed by atoms with van der Waals surface area (Å²) in [5.41, 5.74) is 0. The molecule has 1 heterocycles. The van der Waals surface area contributed by atoms with E-state index in [1.54, 1.807) is 0 Å². The molecule has 0 amide bonds. The summed E-state index contributed by atoms with van der Waals surface area (Å²) in [6, 6.07) is 0. The van der Waals surface area contributed by atoms with Gasteiger partial charge in [-0.1, -0.05) is 13.3 Å². The van der Waals surface area contributed by atoms with Gasteiger partial charge in [-0.05, 0) is 6.42 Å². The number of ether oxygens (including phenoxy) is 1. The van der Waals surface area contributed by atoms with Crippen molar-refractivity contribution >= 4 is 5.97 Å². The van der Waals surface area contributed by atoms with Crippen LogP contribution in [-0.2, 0) is 9.53 Å². The Morgan fingerprint density at radius 2 is 2.44 bits per heavy atom. The van der Waals surface area contributed by atoms with Gasteiger partial charge in [0.2, 0.25) is 0 Å². The fourth-order valence-electron chi connectivity index (χ4n) is 0.864. The lowest BCUT2D eigenvalue weighted by molar-refractivity contribution is -0.138. The van der Waals surface area contributed by atoms with Crippen molar-refractivity contribution in [2.24, 2.45) is 0 Å². The molecule has 52 valence electrons. The molecule has 0 bridgehead atoms. The summed E-state index contributed by atoms with van der Waals surface area (Å²) in [5, 5.41) is 8.33. The quantitative estimate of drug-likeness (QED) is 0.570. The molecule has 0 saturated carbocycles. The van der Waals surface area contributed by atoms with Gasteiger partial charge in [-0.3, -0.25) is 0 Å². The normalized spacial score (nSPS) is 32.1. The lowest BCUT2D eigenvalue weighted by Gasteiger charge is -1.83. The fourth-order valence-corrected chi connectivity index (χ4v) is 0.864.